The minimum Gasteiger partial charge on any atom is -0.377 e. The number of nitrogens with zero attached hydrogens (tertiary/aromatic N) is 3. The van der Waals surface area contributed by atoms with Crippen molar-refractivity contribution >= 4 is 5.95 Å². The molecular weight excluding hydrogens is 204 g/mol. The van der Waals surface area contributed by atoms with Gasteiger partial charge in [-0.25, -0.2) is 9.97 Å². The van der Waals surface area contributed by atoms with Crippen LogP contribution in [0.1, 0.15) is 19.4 Å². The van der Waals surface area contributed by atoms with Crippen molar-refractivity contribution in [2.75, 3.05) is 24.7 Å². The minimum absolute atomic E-state index is 0.0531. The van der Waals surface area contributed by atoms with Crippen molar-refractivity contribution in [3.05, 3.63) is 18.0 Å². The molecule has 16 heavy (non-hydrogen) atoms. The summed E-state index contributed by atoms with van der Waals surface area (Å²) in [5, 5.41) is 0. The van der Waals surface area contributed by atoms with E-state index in [9.17, 15) is 0 Å². The van der Waals surface area contributed by atoms with Crippen LogP contribution in [0.25, 0.3) is 0 Å². The third kappa shape index (κ3) is 2.15. The normalized spacial score (nSPS) is 19.8. The monoisotopic (exact) mass is 222 g/mol. The van der Waals surface area contributed by atoms with Gasteiger partial charge in [-0.05, 0) is 13.8 Å². The summed E-state index contributed by atoms with van der Waals surface area (Å²) in [6.07, 6.45) is 3.57. The molecule has 0 aliphatic carbocycles. The molecule has 0 aromatic carbocycles. The highest BCUT2D eigenvalue weighted by molar-refractivity contribution is 5.35. The number of nitrogens with two attached hydrogens (primary N) is 1. The Morgan fingerprint density at radius 3 is 2.69 bits per heavy atom. The number of hydrogen-bond donors (Lipinski definition) is 1. The molecular formula is C11H18N4O. The summed E-state index contributed by atoms with van der Waals surface area (Å²) < 4.78 is 5.46. The zero-order valence-electron chi connectivity index (χ0n) is 9.81. The molecule has 0 saturated carbocycles. The average Bonchev–Trinajstić information content (AvgIpc) is 2.29. The third-order valence-corrected chi connectivity index (χ3v) is 2.81. The van der Waals surface area contributed by atoms with Crippen molar-refractivity contribution in [2.24, 2.45) is 5.73 Å². The second-order valence-electron chi connectivity index (χ2n) is 4.61. The maximum absolute atomic E-state index is 5.52. The molecule has 1 saturated heterocycles. The summed E-state index contributed by atoms with van der Waals surface area (Å²) in [4.78, 5) is 10.9. The first-order valence-electron chi connectivity index (χ1n) is 5.50. The van der Waals surface area contributed by atoms with Gasteiger partial charge >= 0.3 is 0 Å². The van der Waals surface area contributed by atoms with Crippen LogP contribution in [0.15, 0.2) is 12.4 Å². The molecule has 5 heteroatoms. The molecule has 1 fully saturated rings. The van der Waals surface area contributed by atoms with Gasteiger partial charge in [-0.2, -0.15) is 0 Å². The number of ether oxygens (including phenoxy) is 1. The fraction of sp³-hybridized carbons (Fsp3) is 0.636. The van der Waals surface area contributed by atoms with Crippen molar-refractivity contribution in [1.82, 2.24) is 9.97 Å². The summed E-state index contributed by atoms with van der Waals surface area (Å²) in [5.41, 5.74) is 6.42. The molecule has 2 rings (SSSR count). The highest BCUT2D eigenvalue weighted by Gasteiger charge is 2.32. The molecule has 0 unspecified atom stereocenters. The van der Waals surface area contributed by atoms with Crippen molar-refractivity contribution in [3.8, 4) is 0 Å². The molecule has 0 amide bonds. The molecule has 88 valence electrons. The summed E-state index contributed by atoms with van der Waals surface area (Å²) in [5.74, 6) is 0.755. The van der Waals surface area contributed by atoms with Gasteiger partial charge in [-0.15, -0.1) is 0 Å². The predicted octanol–water partition coefficient (Wildman–Crippen LogP) is 0.550. The topological polar surface area (TPSA) is 64.3 Å². The van der Waals surface area contributed by atoms with E-state index in [1.807, 2.05) is 0 Å². The molecule has 2 heterocycles. The van der Waals surface area contributed by atoms with Gasteiger partial charge in [0.1, 0.15) is 0 Å². The van der Waals surface area contributed by atoms with E-state index in [0.29, 0.717) is 13.2 Å². The van der Waals surface area contributed by atoms with E-state index < -0.39 is 0 Å². The van der Waals surface area contributed by atoms with E-state index in [1.165, 1.54) is 0 Å². The van der Waals surface area contributed by atoms with Gasteiger partial charge in [0.05, 0.1) is 18.8 Å². The van der Waals surface area contributed by atoms with Crippen LogP contribution in [0.5, 0.6) is 0 Å². The lowest BCUT2D eigenvalue weighted by molar-refractivity contribution is 0.0634. The molecule has 1 aromatic rings. The lowest BCUT2D eigenvalue weighted by Crippen LogP contribution is -2.53. The molecule has 0 atom stereocenters. The molecule has 1 aliphatic heterocycles. The van der Waals surface area contributed by atoms with Crippen LogP contribution in [0.3, 0.4) is 0 Å². The van der Waals surface area contributed by atoms with E-state index in [-0.39, 0.29) is 5.54 Å². The van der Waals surface area contributed by atoms with Crippen LogP contribution in [-0.4, -0.2) is 35.3 Å². The van der Waals surface area contributed by atoms with Crippen LogP contribution in [0.2, 0.25) is 0 Å². The lowest BCUT2D eigenvalue weighted by Gasteiger charge is -2.42. The summed E-state index contributed by atoms with van der Waals surface area (Å²) in [6.45, 7) is 7.00. The van der Waals surface area contributed by atoms with Crippen molar-refractivity contribution in [1.29, 1.82) is 0 Å². The predicted molar refractivity (Wildman–Crippen MR) is 62.2 cm³/mol. The quantitative estimate of drug-likeness (QED) is 0.791. The third-order valence-electron chi connectivity index (χ3n) is 2.81. The van der Waals surface area contributed by atoms with Crippen LogP contribution in [0.4, 0.5) is 5.95 Å². The molecule has 0 bridgehead atoms. The van der Waals surface area contributed by atoms with Gasteiger partial charge in [0.15, 0.2) is 0 Å². The molecule has 2 N–H and O–H groups in total. The Hall–Kier alpha value is -1.20. The maximum atomic E-state index is 5.52. The van der Waals surface area contributed by atoms with Crippen LogP contribution >= 0.6 is 0 Å². The Kier molecular flexibility index (Phi) is 3.07. The standard InChI is InChI=1S/C11H18N4O/c1-11(2)8-16-4-3-15(11)10-13-6-9(5-12)7-14-10/h6-7H,3-5,8,12H2,1-2H3. The van der Waals surface area contributed by atoms with Crippen LogP contribution in [0, 0.1) is 0 Å². The zero-order chi connectivity index (χ0) is 11.6. The first-order valence-corrected chi connectivity index (χ1v) is 5.50. The lowest BCUT2D eigenvalue weighted by atomic mass is 10.0. The number of aromatic nitrogens is 2. The highest BCUT2D eigenvalue weighted by Crippen LogP contribution is 2.23. The maximum Gasteiger partial charge on any atom is 0.225 e. The highest BCUT2D eigenvalue weighted by atomic mass is 16.5. The molecule has 1 aliphatic rings. The van der Waals surface area contributed by atoms with Gasteiger partial charge in [0, 0.05) is 31.0 Å². The number of rotatable bonds is 2. The number of anilines is 1. The van der Waals surface area contributed by atoms with E-state index in [2.05, 4.69) is 28.7 Å². The summed E-state index contributed by atoms with van der Waals surface area (Å²) in [7, 11) is 0. The molecule has 1 aromatic heterocycles. The van der Waals surface area contributed by atoms with Gasteiger partial charge in [0.2, 0.25) is 5.95 Å². The van der Waals surface area contributed by atoms with E-state index in [4.69, 9.17) is 10.5 Å². The van der Waals surface area contributed by atoms with Gasteiger partial charge < -0.3 is 15.4 Å². The molecule has 5 nitrogen and oxygen atoms in total. The van der Waals surface area contributed by atoms with Gasteiger partial charge in [0.25, 0.3) is 0 Å². The van der Waals surface area contributed by atoms with Crippen molar-refractivity contribution in [3.63, 3.8) is 0 Å². The first-order chi connectivity index (χ1) is 7.63. The number of hydrogen-bond acceptors (Lipinski definition) is 5. The average molecular weight is 222 g/mol. The van der Waals surface area contributed by atoms with E-state index in [1.54, 1.807) is 12.4 Å². The van der Waals surface area contributed by atoms with Gasteiger partial charge in [-0.3, -0.25) is 0 Å². The van der Waals surface area contributed by atoms with Crippen LogP contribution in [-0.2, 0) is 11.3 Å². The van der Waals surface area contributed by atoms with Crippen molar-refractivity contribution < 1.29 is 4.74 Å². The van der Waals surface area contributed by atoms with Crippen LogP contribution < -0.4 is 10.6 Å². The Morgan fingerprint density at radius 2 is 2.12 bits per heavy atom. The zero-order valence-corrected chi connectivity index (χ0v) is 9.81. The van der Waals surface area contributed by atoms with E-state index in [0.717, 1.165) is 24.7 Å². The second-order valence-corrected chi connectivity index (χ2v) is 4.61. The Balaban J connectivity index is 2.21. The summed E-state index contributed by atoms with van der Waals surface area (Å²) in [6, 6.07) is 0. The fourth-order valence-electron chi connectivity index (χ4n) is 1.82. The minimum atomic E-state index is -0.0531. The summed E-state index contributed by atoms with van der Waals surface area (Å²) >= 11 is 0. The molecule has 0 spiro atoms. The van der Waals surface area contributed by atoms with Gasteiger partial charge in [-0.1, -0.05) is 0 Å². The second kappa shape index (κ2) is 4.35. The Labute approximate surface area is 95.6 Å². The Morgan fingerprint density at radius 1 is 1.44 bits per heavy atom. The fourth-order valence-corrected chi connectivity index (χ4v) is 1.82. The van der Waals surface area contributed by atoms with Crippen molar-refractivity contribution in [2.45, 2.75) is 25.9 Å². The molecule has 0 radical (unpaired) electrons. The smallest absolute Gasteiger partial charge is 0.225 e. The number of morpholine rings is 1. The Bertz CT molecular complexity index is 350. The van der Waals surface area contributed by atoms with E-state index >= 15 is 0 Å². The largest absolute Gasteiger partial charge is 0.377 e. The first kappa shape index (κ1) is 11.3. The SMILES string of the molecule is CC1(C)COCCN1c1ncc(CN)cn1.